The highest BCUT2D eigenvalue weighted by Crippen LogP contribution is 2.31. The van der Waals surface area contributed by atoms with Gasteiger partial charge in [-0.2, -0.15) is 11.3 Å². The SMILES string of the molecule is O=C(c1ccsc1)N1CCC(F)(C(=O)N2CCCC2)CC1. The lowest BCUT2D eigenvalue weighted by Crippen LogP contribution is -2.52. The second kappa shape index (κ2) is 5.75. The first-order chi connectivity index (χ1) is 10.1. The number of nitrogens with zero attached hydrogens (tertiary/aromatic N) is 2. The average Bonchev–Trinajstić information content (AvgIpc) is 3.19. The molecule has 1 aromatic heterocycles. The van der Waals surface area contributed by atoms with Crippen molar-refractivity contribution in [3.63, 3.8) is 0 Å². The van der Waals surface area contributed by atoms with Crippen LogP contribution in [-0.4, -0.2) is 53.5 Å². The zero-order chi connectivity index (χ0) is 14.9. The molecule has 0 unspecified atom stereocenters. The van der Waals surface area contributed by atoms with Crippen molar-refractivity contribution in [2.75, 3.05) is 26.2 Å². The average molecular weight is 310 g/mol. The summed E-state index contributed by atoms with van der Waals surface area (Å²) in [6.07, 6.45) is 2.14. The van der Waals surface area contributed by atoms with Gasteiger partial charge in [0.15, 0.2) is 5.67 Å². The third-order valence-electron chi connectivity index (χ3n) is 4.39. The van der Waals surface area contributed by atoms with E-state index in [1.807, 2.05) is 5.38 Å². The Balaban J connectivity index is 1.61. The van der Waals surface area contributed by atoms with E-state index < -0.39 is 5.67 Å². The molecule has 2 fully saturated rings. The third kappa shape index (κ3) is 2.81. The molecule has 0 spiro atoms. The molecule has 0 aliphatic carbocycles. The van der Waals surface area contributed by atoms with E-state index in [0.717, 1.165) is 12.8 Å². The fraction of sp³-hybridized carbons (Fsp3) is 0.600. The van der Waals surface area contributed by atoms with Crippen LogP contribution in [0.15, 0.2) is 16.8 Å². The molecule has 0 saturated carbocycles. The summed E-state index contributed by atoms with van der Waals surface area (Å²) < 4.78 is 14.9. The molecule has 6 heteroatoms. The van der Waals surface area contributed by atoms with Gasteiger partial charge in [-0.1, -0.05) is 0 Å². The molecule has 3 rings (SSSR count). The van der Waals surface area contributed by atoms with E-state index in [1.54, 1.807) is 21.2 Å². The van der Waals surface area contributed by atoms with Crippen LogP contribution in [0.2, 0.25) is 0 Å². The van der Waals surface area contributed by atoms with E-state index in [9.17, 15) is 14.0 Å². The standard InChI is InChI=1S/C15H19FN2O2S/c16-15(14(20)18-6-1-2-7-18)4-8-17(9-5-15)13(19)12-3-10-21-11-12/h3,10-11H,1-2,4-9H2. The van der Waals surface area contributed by atoms with E-state index in [1.165, 1.54) is 11.3 Å². The molecular weight excluding hydrogens is 291 g/mol. The van der Waals surface area contributed by atoms with Crippen LogP contribution < -0.4 is 0 Å². The van der Waals surface area contributed by atoms with Gasteiger partial charge in [0.1, 0.15) is 0 Å². The second-order valence-electron chi connectivity index (χ2n) is 5.77. The largest absolute Gasteiger partial charge is 0.340 e. The van der Waals surface area contributed by atoms with Crippen LogP contribution in [0.1, 0.15) is 36.0 Å². The lowest BCUT2D eigenvalue weighted by molar-refractivity contribution is -0.145. The Hall–Kier alpha value is -1.43. The van der Waals surface area contributed by atoms with Crippen LogP contribution in [0, 0.1) is 0 Å². The quantitative estimate of drug-likeness (QED) is 0.841. The zero-order valence-corrected chi connectivity index (χ0v) is 12.7. The number of rotatable bonds is 2. The lowest BCUT2D eigenvalue weighted by atomic mass is 9.91. The minimum absolute atomic E-state index is 0.0630. The van der Waals surface area contributed by atoms with Crippen LogP contribution >= 0.6 is 11.3 Å². The molecule has 0 atom stereocenters. The van der Waals surface area contributed by atoms with Gasteiger partial charge in [-0.15, -0.1) is 0 Å². The van der Waals surface area contributed by atoms with E-state index in [0.29, 0.717) is 31.7 Å². The van der Waals surface area contributed by atoms with Gasteiger partial charge in [0.25, 0.3) is 11.8 Å². The number of thiophene rings is 1. The number of hydrogen-bond acceptors (Lipinski definition) is 3. The van der Waals surface area contributed by atoms with Gasteiger partial charge in [-0.3, -0.25) is 9.59 Å². The number of carbonyl (C=O) groups is 2. The van der Waals surface area contributed by atoms with Gasteiger partial charge in [-0.05, 0) is 24.3 Å². The van der Waals surface area contributed by atoms with E-state index in [2.05, 4.69) is 0 Å². The maximum absolute atomic E-state index is 14.9. The van der Waals surface area contributed by atoms with Gasteiger partial charge < -0.3 is 9.80 Å². The van der Waals surface area contributed by atoms with E-state index >= 15 is 0 Å². The highest BCUT2D eigenvalue weighted by Gasteiger charge is 2.45. The summed E-state index contributed by atoms with van der Waals surface area (Å²) in [5, 5.41) is 3.66. The lowest BCUT2D eigenvalue weighted by Gasteiger charge is -2.37. The number of alkyl halides is 1. The third-order valence-corrected chi connectivity index (χ3v) is 5.07. The van der Waals surface area contributed by atoms with Crippen molar-refractivity contribution in [1.82, 2.24) is 9.80 Å². The molecule has 21 heavy (non-hydrogen) atoms. The number of halogens is 1. The van der Waals surface area contributed by atoms with Crippen LogP contribution in [0.3, 0.4) is 0 Å². The second-order valence-corrected chi connectivity index (χ2v) is 6.55. The van der Waals surface area contributed by atoms with Crippen molar-refractivity contribution in [3.8, 4) is 0 Å². The van der Waals surface area contributed by atoms with Crippen molar-refractivity contribution in [1.29, 1.82) is 0 Å². The molecule has 4 nitrogen and oxygen atoms in total. The Bertz CT molecular complexity index is 518. The molecule has 1 aromatic rings. The van der Waals surface area contributed by atoms with Gasteiger partial charge in [0, 0.05) is 44.4 Å². The van der Waals surface area contributed by atoms with Gasteiger partial charge in [-0.25, -0.2) is 4.39 Å². The molecule has 0 radical (unpaired) electrons. The Morgan fingerprint density at radius 2 is 1.76 bits per heavy atom. The van der Waals surface area contributed by atoms with Crippen LogP contribution in [0.4, 0.5) is 4.39 Å². The van der Waals surface area contributed by atoms with Crippen molar-refractivity contribution < 1.29 is 14.0 Å². The van der Waals surface area contributed by atoms with Crippen LogP contribution in [0.5, 0.6) is 0 Å². The van der Waals surface area contributed by atoms with Crippen LogP contribution in [0.25, 0.3) is 0 Å². The van der Waals surface area contributed by atoms with Crippen molar-refractivity contribution >= 4 is 23.2 Å². The minimum Gasteiger partial charge on any atom is -0.340 e. The summed E-state index contributed by atoms with van der Waals surface area (Å²) >= 11 is 1.47. The summed E-state index contributed by atoms with van der Waals surface area (Å²) in [6.45, 7) is 1.96. The van der Waals surface area contributed by atoms with E-state index in [4.69, 9.17) is 0 Å². The number of carbonyl (C=O) groups excluding carboxylic acids is 2. The summed E-state index contributed by atoms with van der Waals surface area (Å²) in [7, 11) is 0. The normalized spacial score (nSPS) is 21.6. The molecule has 3 heterocycles. The predicted octanol–water partition coefficient (Wildman–Crippen LogP) is 2.31. The molecule has 0 aromatic carbocycles. The Morgan fingerprint density at radius 1 is 1.10 bits per heavy atom. The summed E-state index contributed by atoms with van der Waals surface area (Å²) in [4.78, 5) is 27.8. The van der Waals surface area contributed by atoms with Gasteiger partial charge >= 0.3 is 0 Å². The number of piperidine rings is 1. The summed E-state index contributed by atoms with van der Waals surface area (Å²) in [5.41, 5.74) is -1.13. The molecular formula is C15H19FN2O2S. The Morgan fingerprint density at radius 3 is 2.33 bits per heavy atom. The van der Waals surface area contributed by atoms with Crippen LogP contribution in [-0.2, 0) is 4.79 Å². The molecule has 2 saturated heterocycles. The smallest absolute Gasteiger partial charge is 0.260 e. The first kappa shape index (κ1) is 14.5. The van der Waals surface area contributed by atoms with E-state index in [-0.39, 0.29) is 24.7 Å². The molecule has 0 bridgehead atoms. The van der Waals surface area contributed by atoms with Gasteiger partial charge in [0.2, 0.25) is 0 Å². The number of amides is 2. The summed E-state index contributed by atoms with van der Waals surface area (Å²) in [5.74, 6) is -0.436. The van der Waals surface area contributed by atoms with Crippen molar-refractivity contribution in [2.45, 2.75) is 31.4 Å². The monoisotopic (exact) mass is 310 g/mol. The molecule has 2 amide bonds. The number of hydrogen-bond donors (Lipinski definition) is 0. The maximum Gasteiger partial charge on any atom is 0.260 e. The maximum atomic E-state index is 14.9. The predicted molar refractivity (Wildman–Crippen MR) is 79.1 cm³/mol. The molecule has 0 N–H and O–H groups in total. The fourth-order valence-corrected chi connectivity index (χ4v) is 3.68. The van der Waals surface area contributed by atoms with Crippen molar-refractivity contribution in [2.24, 2.45) is 0 Å². The highest BCUT2D eigenvalue weighted by atomic mass is 32.1. The highest BCUT2D eigenvalue weighted by molar-refractivity contribution is 7.08. The molecule has 114 valence electrons. The zero-order valence-electron chi connectivity index (χ0n) is 11.9. The molecule has 2 aliphatic heterocycles. The fourth-order valence-electron chi connectivity index (χ4n) is 3.05. The van der Waals surface area contributed by atoms with Gasteiger partial charge in [0.05, 0.1) is 5.56 Å². The Labute approximate surface area is 127 Å². The van der Waals surface area contributed by atoms with Crippen molar-refractivity contribution in [3.05, 3.63) is 22.4 Å². The number of likely N-dealkylation sites (tertiary alicyclic amines) is 2. The first-order valence-electron chi connectivity index (χ1n) is 7.40. The summed E-state index contributed by atoms with van der Waals surface area (Å²) in [6, 6.07) is 1.78. The first-order valence-corrected chi connectivity index (χ1v) is 8.34. The molecule has 2 aliphatic rings. The Kier molecular flexibility index (Phi) is 3.97. The minimum atomic E-state index is -1.78. The topological polar surface area (TPSA) is 40.6 Å².